The molecule has 0 radical (unpaired) electrons. The number of ether oxygens (including phenoxy) is 1. The van der Waals surface area contributed by atoms with Crippen molar-refractivity contribution in [3.05, 3.63) is 15.8 Å². The zero-order valence-electron chi connectivity index (χ0n) is 10.7. The number of likely N-dealkylation sites (N-methyl/N-ethyl adjacent to an activating group) is 1. The molecule has 5 nitrogen and oxygen atoms in total. The van der Waals surface area contributed by atoms with E-state index in [-0.39, 0.29) is 12.0 Å². The van der Waals surface area contributed by atoms with Gasteiger partial charge in [-0.3, -0.25) is 4.79 Å². The minimum absolute atomic E-state index is 0.0726. The van der Waals surface area contributed by atoms with Gasteiger partial charge >= 0.3 is 0 Å². The number of nitrogens with zero attached hydrogens (tertiary/aromatic N) is 1. The highest BCUT2D eigenvalue weighted by atomic mass is 32.1. The molecule has 3 N–H and O–H groups in total. The smallest absolute Gasteiger partial charge is 0.261 e. The molecule has 0 bridgehead atoms. The molecule has 6 heteroatoms. The highest BCUT2D eigenvalue weighted by molar-refractivity contribution is 7.14. The third-order valence-corrected chi connectivity index (χ3v) is 4.08. The van der Waals surface area contributed by atoms with Crippen LogP contribution in [0, 0.1) is 6.92 Å². The van der Waals surface area contributed by atoms with Gasteiger partial charge in [-0.1, -0.05) is 0 Å². The first-order valence-electron chi connectivity index (χ1n) is 6.00. The lowest BCUT2D eigenvalue weighted by Gasteiger charge is -2.30. The van der Waals surface area contributed by atoms with Crippen molar-refractivity contribution >= 4 is 22.9 Å². The average Bonchev–Trinajstić information content (AvgIpc) is 2.67. The van der Waals surface area contributed by atoms with Crippen LogP contribution in [-0.4, -0.2) is 50.2 Å². The molecular formula is C12H19N3O2S. The van der Waals surface area contributed by atoms with Gasteiger partial charge in [0, 0.05) is 30.2 Å². The van der Waals surface area contributed by atoms with Crippen LogP contribution >= 0.6 is 11.3 Å². The molecule has 1 aromatic rings. The Labute approximate surface area is 111 Å². The van der Waals surface area contributed by atoms with Crippen molar-refractivity contribution in [3.63, 3.8) is 0 Å². The summed E-state index contributed by atoms with van der Waals surface area (Å²) in [5.41, 5.74) is 6.41. The highest BCUT2D eigenvalue weighted by Crippen LogP contribution is 2.23. The number of nitrogens with two attached hydrogens (primary N) is 1. The van der Waals surface area contributed by atoms with Crippen LogP contribution in [-0.2, 0) is 4.74 Å². The number of anilines is 1. The summed E-state index contributed by atoms with van der Waals surface area (Å²) in [6.07, 6.45) is 0.0751. The number of nitrogen functional groups attached to an aromatic ring is 1. The van der Waals surface area contributed by atoms with E-state index in [1.807, 2.05) is 6.92 Å². The third kappa shape index (κ3) is 3.22. The topological polar surface area (TPSA) is 67.6 Å². The summed E-state index contributed by atoms with van der Waals surface area (Å²) in [6, 6.07) is 1.73. The van der Waals surface area contributed by atoms with Crippen molar-refractivity contribution in [3.8, 4) is 0 Å². The lowest BCUT2D eigenvalue weighted by atomic mass is 10.3. The number of carbonyl (C=O) groups is 1. The Hall–Kier alpha value is -1.11. The highest BCUT2D eigenvalue weighted by Gasteiger charge is 2.19. The summed E-state index contributed by atoms with van der Waals surface area (Å²) in [4.78, 5) is 15.8. The third-order valence-electron chi connectivity index (χ3n) is 3.01. The van der Waals surface area contributed by atoms with E-state index in [0.29, 0.717) is 17.1 Å². The Balaban J connectivity index is 1.84. The molecule has 1 aliphatic heterocycles. The minimum atomic E-state index is -0.0726. The van der Waals surface area contributed by atoms with Crippen LogP contribution in [0.25, 0.3) is 0 Å². The summed E-state index contributed by atoms with van der Waals surface area (Å²) in [6.45, 7) is 4.98. The average molecular weight is 269 g/mol. The van der Waals surface area contributed by atoms with Gasteiger partial charge in [0.15, 0.2) is 0 Å². The van der Waals surface area contributed by atoms with Crippen molar-refractivity contribution in [1.82, 2.24) is 10.2 Å². The van der Waals surface area contributed by atoms with Crippen LogP contribution in [0.5, 0.6) is 0 Å². The van der Waals surface area contributed by atoms with Gasteiger partial charge in [-0.05, 0) is 20.0 Å². The standard InChI is InChI=1S/C12H19N3O2S/c1-8-10(13)5-11(18-8)12(16)14-6-9-7-15(2)3-4-17-9/h5,9H,3-4,6-7,13H2,1-2H3,(H,14,16). The van der Waals surface area contributed by atoms with Gasteiger partial charge < -0.3 is 20.7 Å². The first-order valence-corrected chi connectivity index (χ1v) is 6.82. The summed E-state index contributed by atoms with van der Waals surface area (Å²) in [5.74, 6) is -0.0726. The molecule has 100 valence electrons. The minimum Gasteiger partial charge on any atom is -0.398 e. The number of thiophene rings is 1. The van der Waals surface area contributed by atoms with Crippen molar-refractivity contribution in [2.45, 2.75) is 13.0 Å². The van der Waals surface area contributed by atoms with E-state index in [1.54, 1.807) is 6.07 Å². The molecule has 1 aliphatic rings. The summed E-state index contributed by atoms with van der Waals surface area (Å²) >= 11 is 1.42. The first-order chi connectivity index (χ1) is 8.56. The molecule has 2 heterocycles. The Kier molecular flexibility index (Phi) is 4.21. The van der Waals surface area contributed by atoms with Gasteiger partial charge in [-0.2, -0.15) is 0 Å². The molecule has 1 unspecified atom stereocenters. The fourth-order valence-corrected chi connectivity index (χ4v) is 2.75. The molecule has 0 aliphatic carbocycles. The Morgan fingerprint density at radius 3 is 3.11 bits per heavy atom. The van der Waals surface area contributed by atoms with E-state index < -0.39 is 0 Å². The molecular weight excluding hydrogens is 250 g/mol. The fourth-order valence-electron chi connectivity index (χ4n) is 1.89. The fraction of sp³-hybridized carbons (Fsp3) is 0.583. The number of hydrogen-bond acceptors (Lipinski definition) is 5. The molecule has 1 aromatic heterocycles. The van der Waals surface area contributed by atoms with Gasteiger partial charge in [-0.25, -0.2) is 0 Å². The molecule has 0 saturated carbocycles. The van der Waals surface area contributed by atoms with Crippen molar-refractivity contribution < 1.29 is 9.53 Å². The number of nitrogens with one attached hydrogen (secondary N) is 1. The van der Waals surface area contributed by atoms with Crippen LogP contribution in [0.2, 0.25) is 0 Å². The van der Waals surface area contributed by atoms with Crippen molar-refractivity contribution in [1.29, 1.82) is 0 Å². The predicted molar refractivity (Wildman–Crippen MR) is 73.0 cm³/mol. The maximum Gasteiger partial charge on any atom is 0.261 e. The SMILES string of the molecule is Cc1sc(C(=O)NCC2CN(C)CCO2)cc1N. The van der Waals surface area contributed by atoms with E-state index in [1.165, 1.54) is 11.3 Å². The maximum absolute atomic E-state index is 11.9. The van der Waals surface area contributed by atoms with E-state index in [4.69, 9.17) is 10.5 Å². The lowest BCUT2D eigenvalue weighted by Crippen LogP contribution is -2.45. The van der Waals surface area contributed by atoms with Gasteiger partial charge in [0.2, 0.25) is 0 Å². The van der Waals surface area contributed by atoms with E-state index >= 15 is 0 Å². The Morgan fingerprint density at radius 1 is 1.72 bits per heavy atom. The second-order valence-corrected chi connectivity index (χ2v) is 5.84. The van der Waals surface area contributed by atoms with Crippen LogP contribution in [0.4, 0.5) is 5.69 Å². The molecule has 1 fully saturated rings. The summed E-state index contributed by atoms with van der Waals surface area (Å²) in [5, 5.41) is 2.89. The molecule has 18 heavy (non-hydrogen) atoms. The number of carbonyl (C=O) groups excluding carboxylic acids is 1. The number of rotatable bonds is 3. The Morgan fingerprint density at radius 2 is 2.50 bits per heavy atom. The first kappa shape index (κ1) is 13.3. The number of aryl methyl sites for hydroxylation is 1. The van der Waals surface area contributed by atoms with E-state index in [0.717, 1.165) is 24.6 Å². The zero-order chi connectivity index (χ0) is 13.1. The lowest BCUT2D eigenvalue weighted by molar-refractivity contribution is -0.0174. The van der Waals surface area contributed by atoms with Crippen LogP contribution in [0.1, 0.15) is 14.5 Å². The number of morpholine rings is 1. The van der Waals surface area contributed by atoms with E-state index in [9.17, 15) is 4.79 Å². The molecule has 1 saturated heterocycles. The second kappa shape index (κ2) is 5.69. The normalized spacial score (nSPS) is 20.9. The molecule has 2 rings (SSSR count). The molecule has 1 amide bonds. The Bertz CT molecular complexity index is 413. The maximum atomic E-state index is 11.9. The predicted octanol–water partition coefficient (Wildman–Crippen LogP) is 0.699. The largest absolute Gasteiger partial charge is 0.398 e. The van der Waals surface area contributed by atoms with Gasteiger partial charge in [0.05, 0.1) is 17.6 Å². The van der Waals surface area contributed by atoms with Crippen molar-refractivity contribution in [2.24, 2.45) is 0 Å². The molecule has 0 spiro atoms. The summed E-state index contributed by atoms with van der Waals surface area (Å²) in [7, 11) is 2.06. The van der Waals surface area contributed by atoms with E-state index in [2.05, 4.69) is 17.3 Å². The van der Waals surface area contributed by atoms with Gasteiger partial charge in [-0.15, -0.1) is 11.3 Å². The monoisotopic (exact) mass is 269 g/mol. The number of hydrogen-bond donors (Lipinski definition) is 2. The quantitative estimate of drug-likeness (QED) is 0.847. The zero-order valence-corrected chi connectivity index (χ0v) is 11.5. The summed E-state index contributed by atoms with van der Waals surface area (Å²) < 4.78 is 5.59. The molecule has 1 atom stereocenters. The van der Waals surface area contributed by atoms with Crippen LogP contribution in [0.3, 0.4) is 0 Å². The van der Waals surface area contributed by atoms with Crippen LogP contribution in [0.15, 0.2) is 6.07 Å². The van der Waals surface area contributed by atoms with Gasteiger partial charge in [0.1, 0.15) is 0 Å². The van der Waals surface area contributed by atoms with Crippen LogP contribution < -0.4 is 11.1 Å². The number of amides is 1. The van der Waals surface area contributed by atoms with Gasteiger partial charge in [0.25, 0.3) is 5.91 Å². The van der Waals surface area contributed by atoms with Crippen molar-refractivity contribution in [2.75, 3.05) is 39.0 Å². The molecule has 0 aromatic carbocycles. The second-order valence-electron chi connectivity index (χ2n) is 4.59.